The highest BCUT2D eigenvalue weighted by Crippen LogP contribution is 2.43. The fourth-order valence-corrected chi connectivity index (χ4v) is 6.18. The summed E-state index contributed by atoms with van der Waals surface area (Å²) >= 11 is 0. The van der Waals surface area contributed by atoms with Gasteiger partial charge >= 0.3 is 0 Å². The van der Waals surface area contributed by atoms with E-state index in [4.69, 9.17) is 0 Å². The molecule has 0 fully saturated rings. The molecule has 0 amide bonds. The van der Waals surface area contributed by atoms with Crippen molar-refractivity contribution in [2.45, 2.75) is 0 Å². The molecule has 0 bridgehead atoms. The van der Waals surface area contributed by atoms with Crippen molar-refractivity contribution in [3.63, 3.8) is 0 Å². The summed E-state index contributed by atoms with van der Waals surface area (Å²) in [5.74, 6) is 0. The van der Waals surface area contributed by atoms with Gasteiger partial charge in [-0.05, 0) is 78.8 Å². The molecule has 182 valence electrons. The van der Waals surface area contributed by atoms with Gasteiger partial charge in [0, 0.05) is 16.8 Å². The molecule has 0 heterocycles. The van der Waals surface area contributed by atoms with E-state index in [9.17, 15) is 0 Å². The standard InChI is InChI=1S/C38H25N/c1-2-12-28-24-29(21-20-26(28)10-1)39(38-19-9-13-27-11-3-4-14-31(27)38)30-22-23-36-34-17-6-5-15-32(34)33-16-7-8-18-35(33)37(36)25-30/h1-25H. The fourth-order valence-electron chi connectivity index (χ4n) is 6.18. The first-order valence-electron chi connectivity index (χ1n) is 13.5. The van der Waals surface area contributed by atoms with Gasteiger partial charge < -0.3 is 4.90 Å². The average Bonchev–Trinajstić information content (AvgIpc) is 3.01. The van der Waals surface area contributed by atoms with Crippen molar-refractivity contribution < 1.29 is 0 Å². The van der Waals surface area contributed by atoms with Gasteiger partial charge in [-0.1, -0.05) is 121 Å². The third kappa shape index (κ3) is 3.48. The Kier molecular flexibility index (Phi) is 4.89. The molecule has 0 unspecified atom stereocenters. The van der Waals surface area contributed by atoms with Crippen LogP contribution in [0.25, 0.3) is 53.9 Å². The van der Waals surface area contributed by atoms with Crippen LogP contribution in [0, 0.1) is 0 Å². The minimum Gasteiger partial charge on any atom is -0.310 e. The van der Waals surface area contributed by atoms with E-state index in [2.05, 4.69) is 157 Å². The third-order valence-corrected chi connectivity index (χ3v) is 7.98. The van der Waals surface area contributed by atoms with Gasteiger partial charge in [0.2, 0.25) is 0 Å². The summed E-state index contributed by atoms with van der Waals surface area (Å²) in [6.45, 7) is 0. The van der Waals surface area contributed by atoms with Crippen molar-refractivity contribution in [2.75, 3.05) is 4.90 Å². The van der Waals surface area contributed by atoms with Crippen LogP contribution in [0.2, 0.25) is 0 Å². The van der Waals surface area contributed by atoms with Crippen molar-refractivity contribution in [2.24, 2.45) is 0 Å². The molecule has 0 radical (unpaired) electrons. The number of nitrogens with zero attached hydrogens (tertiary/aromatic N) is 1. The maximum atomic E-state index is 2.41. The van der Waals surface area contributed by atoms with Crippen LogP contribution >= 0.6 is 0 Å². The fraction of sp³-hybridized carbons (Fsp3) is 0. The molecule has 0 aliphatic rings. The van der Waals surface area contributed by atoms with Crippen LogP contribution in [0.5, 0.6) is 0 Å². The lowest BCUT2D eigenvalue weighted by atomic mass is 9.94. The normalized spacial score (nSPS) is 11.6. The number of rotatable bonds is 3. The zero-order valence-electron chi connectivity index (χ0n) is 21.4. The van der Waals surface area contributed by atoms with Crippen molar-refractivity contribution in [3.8, 4) is 0 Å². The summed E-state index contributed by atoms with van der Waals surface area (Å²) in [5, 5.41) is 12.7. The predicted octanol–water partition coefficient (Wildman–Crippen LogP) is 10.9. The molecular formula is C38H25N. The third-order valence-electron chi connectivity index (χ3n) is 7.98. The molecule has 1 nitrogen and oxygen atoms in total. The van der Waals surface area contributed by atoms with Crippen LogP contribution in [0.15, 0.2) is 152 Å². The summed E-state index contributed by atoms with van der Waals surface area (Å²) in [5.41, 5.74) is 3.47. The summed E-state index contributed by atoms with van der Waals surface area (Å²) in [7, 11) is 0. The summed E-state index contributed by atoms with van der Waals surface area (Å²) in [6, 6.07) is 55.1. The monoisotopic (exact) mass is 495 g/mol. The van der Waals surface area contributed by atoms with Gasteiger partial charge in [0.05, 0.1) is 5.69 Å². The molecule has 0 spiro atoms. The zero-order valence-corrected chi connectivity index (χ0v) is 21.4. The SMILES string of the molecule is c1ccc2cc(N(c3ccc4c5ccccc5c5ccccc5c4c3)c3cccc4ccccc34)ccc2c1. The van der Waals surface area contributed by atoms with Crippen molar-refractivity contribution >= 4 is 70.9 Å². The highest BCUT2D eigenvalue weighted by Gasteiger charge is 2.17. The van der Waals surface area contributed by atoms with Gasteiger partial charge in [-0.2, -0.15) is 0 Å². The number of fused-ring (bicyclic) bond motifs is 8. The second-order valence-electron chi connectivity index (χ2n) is 10.2. The van der Waals surface area contributed by atoms with Gasteiger partial charge in [0.1, 0.15) is 0 Å². The highest BCUT2D eigenvalue weighted by atomic mass is 15.1. The summed E-state index contributed by atoms with van der Waals surface area (Å²) < 4.78 is 0. The topological polar surface area (TPSA) is 3.24 Å². The minimum absolute atomic E-state index is 1.15. The molecule has 0 aliphatic carbocycles. The Morgan fingerprint density at radius 3 is 1.49 bits per heavy atom. The lowest BCUT2D eigenvalue weighted by molar-refractivity contribution is 1.31. The number of benzene rings is 8. The Hall–Kier alpha value is -5.14. The van der Waals surface area contributed by atoms with Crippen LogP contribution in [0.3, 0.4) is 0 Å². The van der Waals surface area contributed by atoms with Gasteiger partial charge in [0.25, 0.3) is 0 Å². The molecular weight excluding hydrogens is 470 g/mol. The maximum absolute atomic E-state index is 2.41. The number of hydrogen-bond acceptors (Lipinski definition) is 1. The molecule has 8 aromatic carbocycles. The molecule has 0 N–H and O–H groups in total. The van der Waals surface area contributed by atoms with Gasteiger partial charge in [-0.3, -0.25) is 0 Å². The van der Waals surface area contributed by atoms with Gasteiger partial charge in [-0.15, -0.1) is 0 Å². The molecule has 1 heteroatoms. The van der Waals surface area contributed by atoms with Crippen LogP contribution < -0.4 is 4.90 Å². The first-order chi connectivity index (χ1) is 19.3. The molecule has 0 saturated heterocycles. The Balaban J connectivity index is 1.46. The second kappa shape index (κ2) is 8.72. The smallest absolute Gasteiger partial charge is 0.0540 e. The van der Waals surface area contributed by atoms with Crippen LogP contribution in [0.4, 0.5) is 17.1 Å². The molecule has 8 rings (SSSR count). The van der Waals surface area contributed by atoms with Crippen molar-refractivity contribution in [3.05, 3.63) is 152 Å². The Labute approximate surface area is 227 Å². The van der Waals surface area contributed by atoms with Crippen LogP contribution in [-0.2, 0) is 0 Å². The van der Waals surface area contributed by atoms with E-state index in [1.165, 1.54) is 59.5 Å². The van der Waals surface area contributed by atoms with E-state index >= 15 is 0 Å². The van der Waals surface area contributed by atoms with E-state index in [-0.39, 0.29) is 0 Å². The van der Waals surface area contributed by atoms with Gasteiger partial charge in [-0.25, -0.2) is 0 Å². The average molecular weight is 496 g/mol. The first-order valence-corrected chi connectivity index (χ1v) is 13.5. The van der Waals surface area contributed by atoms with E-state index in [0.29, 0.717) is 0 Å². The number of hydrogen-bond donors (Lipinski definition) is 0. The molecule has 0 aliphatic heterocycles. The Morgan fingerprint density at radius 1 is 0.282 bits per heavy atom. The van der Waals surface area contributed by atoms with Gasteiger partial charge in [0.15, 0.2) is 0 Å². The molecule has 39 heavy (non-hydrogen) atoms. The maximum Gasteiger partial charge on any atom is 0.0540 e. The van der Waals surface area contributed by atoms with Crippen LogP contribution in [-0.4, -0.2) is 0 Å². The Bertz CT molecular complexity index is 2150. The van der Waals surface area contributed by atoms with Crippen LogP contribution in [0.1, 0.15) is 0 Å². The van der Waals surface area contributed by atoms with E-state index in [1.54, 1.807) is 0 Å². The minimum atomic E-state index is 1.15. The quantitative estimate of drug-likeness (QED) is 0.220. The highest BCUT2D eigenvalue weighted by molar-refractivity contribution is 6.25. The lowest BCUT2D eigenvalue weighted by Crippen LogP contribution is -2.10. The predicted molar refractivity (Wildman–Crippen MR) is 169 cm³/mol. The first kappa shape index (κ1) is 21.9. The largest absolute Gasteiger partial charge is 0.310 e. The van der Waals surface area contributed by atoms with E-state index < -0.39 is 0 Å². The molecule has 0 atom stereocenters. The van der Waals surface area contributed by atoms with Crippen molar-refractivity contribution in [1.82, 2.24) is 0 Å². The van der Waals surface area contributed by atoms with Crippen molar-refractivity contribution in [1.29, 1.82) is 0 Å². The van der Waals surface area contributed by atoms with E-state index in [1.807, 2.05) is 0 Å². The second-order valence-corrected chi connectivity index (χ2v) is 10.2. The Morgan fingerprint density at radius 2 is 0.769 bits per heavy atom. The lowest BCUT2D eigenvalue weighted by Gasteiger charge is -2.28. The van der Waals surface area contributed by atoms with E-state index in [0.717, 1.165) is 11.4 Å². The number of anilines is 3. The summed E-state index contributed by atoms with van der Waals surface area (Å²) in [6.07, 6.45) is 0. The molecule has 8 aromatic rings. The zero-order chi connectivity index (χ0) is 25.8. The molecule has 0 saturated carbocycles. The summed E-state index contributed by atoms with van der Waals surface area (Å²) in [4.78, 5) is 2.41. The molecule has 0 aromatic heterocycles.